The van der Waals surface area contributed by atoms with Gasteiger partial charge in [0.25, 0.3) is 10.2 Å². The second-order valence-corrected chi connectivity index (χ2v) is 6.16. The van der Waals surface area contributed by atoms with Gasteiger partial charge in [0.05, 0.1) is 12.5 Å². The minimum absolute atomic E-state index is 0.0672. The van der Waals surface area contributed by atoms with E-state index in [2.05, 4.69) is 0 Å². The monoisotopic (exact) mass is 280 g/mol. The van der Waals surface area contributed by atoms with Gasteiger partial charge in [0.15, 0.2) is 0 Å². The molecule has 1 aliphatic heterocycles. The first-order valence-corrected chi connectivity index (χ1v) is 7.42. The van der Waals surface area contributed by atoms with E-state index in [1.165, 1.54) is 8.61 Å². The maximum Gasteiger partial charge on any atom is 0.306 e. The Hall–Kier alpha value is -0.700. The minimum Gasteiger partial charge on any atom is -0.481 e. The van der Waals surface area contributed by atoms with Crippen LogP contribution in [0, 0.1) is 5.92 Å². The highest BCUT2D eigenvalue weighted by molar-refractivity contribution is 7.86. The molecule has 0 radical (unpaired) electrons. The predicted octanol–water partition coefficient (Wildman–Crippen LogP) is -0.658. The first-order valence-electron chi connectivity index (χ1n) is 6.02. The molecule has 0 spiro atoms. The summed E-state index contributed by atoms with van der Waals surface area (Å²) in [4.78, 5) is 10.8. The zero-order valence-electron chi connectivity index (χ0n) is 10.4. The van der Waals surface area contributed by atoms with Gasteiger partial charge < -0.3 is 10.2 Å². The van der Waals surface area contributed by atoms with Gasteiger partial charge in [-0.15, -0.1) is 0 Å². The number of hydrogen-bond acceptors (Lipinski definition) is 4. The van der Waals surface area contributed by atoms with E-state index in [0.717, 1.165) is 0 Å². The molecule has 18 heavy (non-hydrogen) atoms. The van der Waals surface area contributed by atoms with Gasteiger partial charge in [0.1, 0.15) is 0 Å². The van der Waals surface area contributed by atoms with Crippen LogP contribution >= 0.6 is 0 Å². The predicted molar refractivity (Wildman–Crippen MR) is 65.2 cm³/mol. The number of likely N-dealkylation sites (N-methyl/N-ethyl adjacent to an activating group) is 1. The maximum atomic E-state index is 12.2. The summed E-state index contributed by atoms with van der Waals surface area (Å²) in [6.07, 6.45) is 0.677. The van der Waals surface area contributed by atoms with Crippen LogP contribution in [0.3, 0.4) is 0 Å². The Labute approximate surface area is 107 Å². The average Bonchev–Trinajstić information content (AvgIpc) is 2.35. The van der Waals surface area contributed by atoms with Crippen LogP contribution in [0.2, 0.25) is 0 Å². The van der Waals surface area contributed by atoms with Gasteiger partial charge in [-0.3, -0.25) is 4.79 Å². The number of aliphatic hydroxyl groups is 1. The third-order valence-corrected chi connectivity index (χ3v) is 5.27. The van der Waals surface area contributed by atoms with E-state index in [-0.39, 0.29) is 26.2 Å². The zero-order valence-corrected chi connectivity index (χ0v) is 11.3. The molecule has 2 N–H and O–H groups in total. The Kier molecular flexibility index (Phi) is 5.51. The number of carbonyl (C=O) groups is 1. The van der Waals surface area contributed by atoms with Gasteiger partial charge in [-0.2, -0.15) is 17.0 Å². The van der Waals surface area contributed by atoms with Crippen molar-refractivity contribution in [1.29, 1.82) is 0 Å². The SMILES string of the molecule is CCN(CCO)S(=O)(=O)N1CCC(C(=O)O)CC1. The first-order chi connectivity index (χ1) is 8.43. The largest absolute Gasteiger partial charge is 0.481 e. The average molecular weight is 280 g/mol. The summed E-state index contributed by atoms with van der Waals surface area (Å²) >= 11 is 0. The lowest BCUT2D eigenvalue weighted by Crippen LogP contribution is -2.48. The summed E-state index contributed by atoms with van der Waals surface area (Å²) < 4.78 is 26.9. The van der Waals surface area contributed by atoms with Crippen LogP contribution in [0.5, 0.6) is 0 Å². The lowest BCUT2D eigenvalue weighted by molar-refractivity contribution is -0.142. The third-order valence-electron chi connectivity index (χ3n) is 3.16. The Morgan fingerprint density at radius 1 is 1.39 bits per heavy atom. The van der Waals surface area contributed by atoms with E-state index >= 15 is 0 Å². The summed E-state index contributed by atoms with van der Waals surface area (Å²) in [6, 6.07) is 0. The van der Waals surface area contributed by atoms with Crippen molar-refractivity contribution in [2.24, 2.45) is 5.92 Å². The van der Waals surface area contributed by atoms with Crippen LogP contribution in [0.1, 0.15) is 19.8 Å². The Morgan fingerprint density at radius 3 is 2.33 bits per heavy atom. The smallest absolute Gasteiger partial charge is 0.306 e. The lowest BCUT2D eigenvalue weighted by Gasteiger charge is -2.33. The second kappa shape index (κ2) is 6.46. The van der Waals surface area contributed by atoms with Gasteiger partial charge in [0.2, 0.25) is 0 Å². The van der Waals surface area contributed by atoms with E-state index < -0.39 is 22.1 Å². The molecule has 8 heteroatoms. The maximum absolute atomic E-state index is 12.2. The number of aliphatic carboxylic acids is 1. The Balaban J connectivity index is 2.68. The van der Waals surface area contributed by atoms with Crippen LogP contribution in [0.25, 0.3) is 0 Å². The van der Waals surface area contributed by atoms with Crippen molar-refractivity contribution in [3.8, 4) is 0 Å². The highest BCUT2D eigenvalue weighted by atomic mass is 32.2. The van der Waals surface area contributed by atoms with Crippen molar-refractivity contribution in [2.75, 3.05) is 32.8 Å². The zero-order chi connectivity index (χ0) is 13.8. The van der Waals surface area contributed by atoms with Crippen LogP contribution < -0.4 is 0 Å². The van der Waals surface area contributed by atoms with Crippen LogP contribution in [0.15, 0.2) is 0 Å². The summed E-state index contributed by atoms with van der Waals surface area (Å²) in [5, 5.41) is 17.7. The van der Waals surface area contributed by atoms with E-state index in [1.54, 1.807) is 6.92 Å². The highest BCUT2D eigenvalue weighted by Gasteiger charge is 2.33. The van der Waals surface area contributed by atoms with Gasteiger partial charge in [-0.25, -0.2) is 0 Å². The quantitative estimate of drug-likeness (QED) is 0.673. The fraction of sp³-hybridized carbons (Fsp3) is 0.900. The summed E-state index contributed by atoms with van der Waals surface area (Å²) in [7, 11) is -3.57. The third kappa shape index (κ3) is 3.41. The van der Waals surface area contributed by atoms with E-state index in [4.69, 9.17) is 10.2 Å². The number of piperidine rings is 1. The van der Waals surface area contributed by atoms with Crippen molar-refractivity contribution in [3.05, 3.63) is 0 Å². The topological polar surface area (TPSA) is 98.2 Å². The molecule has 1 fully saturated rings. The van der Waals surface area contributed by atoms with Gasteiger partial charge >= 0.3 is 5.97 Å². The van der Waals surface area contributed by atoms with Crippen molar-refractivity contribution in [3.63, 3.8) is 0 Å². The van der Waals surface area contributed by atoms with E-state index in [0.29, 0.717) is 19.4 Å². The number of carboxylic acid groups (broad SMARTS) is 1. The van der Waals surface area contributed by atoms with E-state index in [9.17, 15) is 13.2 Å². The van der Waals surface area contributed by atoms with Gasteiger partial charge in [0, 0.05) is 26.2 Å². The molecule has 0 saturated carbocycles. The standard InChI is InChI=1S/C10H20N2O5S/c1-2-11(7-8-13)18(16,17)12-5-3-9(4-6-12)10(14)15/h9,13H,2-8H2,1H3,(H,14,15). The molecular formula is C10H20N2O5S. The van der Waals surface area contributed by atoms with Crippen LogP contribution in [0.4, 0.5) is 0 Å². The molecule has 0 aromatic rings. The van der Waals surface area contributed by atoms with Crippen molar-refractivity contribution in [2.45, 2.75) is 19.8 Å². The van der Waals surface area contributed by atoms with Crippen molar-refractivity contribution in [1.82, 2.24) is 8.61 Å². The molecular weight excluding hydrogens is 260 g/mol. The highest BCUT2D eigenvalue weighted by Crippen LogP contribution is 2.21. The molecule has 0 atom stereocenters. The molecule has 0 bridgehead atoms. The fourth-order valence-electron chi connectivity index (χ4n) is 2.04. The van der Waals surface area contributed by atoms with Crippen molar-refractivity contribution >= 4 is 16.2 Å². The molecule has 7 nitrogen and oxygen atoms in total. The fourth-order valence-corrected chi connectivity index (χ4v) is 3.68. The number of nitrogens with zero attached hydrogens (tertiary/aromatic N) is 2. The normalized spacial score (nSPS) is 19.3. The number of aliphatic hydroxyl groups excluding tert-OH is 1. The molecule has 1 heterocycles. The summed E-state index contributed by atoms with van der Waals surface area (Å²) in [5.41, 5.74) is 0. The Morgan fingerprint density at radius 2 is 1.94 bits per heavy atom. The van der Waals surface area contributed by atoms with Crippen LogP contribution in [-0.2, 0) is 15.0 Å². The molecule has 1 saturated heterocycles. The number of hydrogen-bond donors (Lipinski definition) is 2. The Bertz CT molecular complexity index is 376. The molecule has 0 aromatic carbocycles. The molecule has 0 amide bonds. The molecule has 0 unspecified atom stereocenters. The summed E-state index contributed by atoms with van der Waals surface area (Å²) in [5.74, 6) is -1.32. The molecule has 106 valence electrons. The first kappa shape index (κ1) is 15.4. The van der Waals surface area contributed by atoms with Crippen molar-refractivity contribution < 1.29 is 23.4 Å². The molecule has 1 rings (SSSR count). The molecule has 1 aliphatic rings. The second-order valence-electron chi connectivity index (χ2n) is 4.23. The lowest BCUT2D eigenvalue weighted by atomic mass is 9.99. The summed E-state index contributed by atoms with van der Waals surface area (Å²) in [6.45, 7) is 2.29. The van der Waals surface area contributed by atoms with Gasteiger partial charge in [-0.1, -0.05) is 6.92 Å². The van der Waals surface area contributed by atoms with Gasteiger partial charge in [-0.05, 0) is 12.8 Å². The van der Waals surface area contributed by atoms with Crippen LogP contribution in [-0.4, -0.2) is 66.0 Å². The molecule has 0 aliphatic carbocycles. The minimum atomic E-state index is -3.57. The molecule has 0 aromatic heterocycles. The van der Waals surface area contributed by atoms with E-state index in [1.807, 2.05) is 0 Å². The number of carboxylic acids is 1. The number of rotatable bonds is 6.